The van der Waals surface area contributed by atoms with E-state index in [-0.39, 0.29) is 23.0 Å². The number of allylic oxidation sites excluding steroid dienone is 1. The Labute approximate surface area is 131 Å². The summed E-state index contributed by atoms with van der Waals surface area (Å²) in [6.45, 7) is 2.08. The Morgan fingerprint density at radius 3 is 2.68 bits per heavy atom. The summed E-state index contributed by atoms with van der Waals surface area (Å²) in [5, 5.41) is 0. The monoisotopic (exact) mass is 300 g/mol. The number of rotatable bonds is 1. The zero-order valence-corrected chi connectivity index (χ0v) is 13.3. The molecule has 0 N–H and O–H groups in total. The molecule has 0 aromatic rings. The van der Waals surface area contributed by atoms with Crippen LogP contribution in [0.25, 0.3) is 0 Å². The number of ketones is 3. The Bertz CT molecular complexity index is 587. The maximum atomic E-state index is 13.0. The highest BCUT2D eigenvalue weighted by molar-refractivity contribution is 5.96. The molecule has 4 aliphatic carbocycles. The molecule has 5 unspecified atom stereocenters. The van der Waals surface area contributed by atoms with Crippen LogP contribution in [0.15, 0.2) is 11.6 Å². The highest BCUT2D eigenvalue weighted by atomic mass is 16.1. The highest BCUT2D eigenvalue weighted by Crippen LogP contribution is 2.60. The Balaban J connectivity index is 1.72. The van der Waals surface area contributed by atoms with Gasteiger partial charge in [-0.3, -0.25) is 14.4 Å². The van der Waals surface area contributed by atoms with Gasteiger partial charge in [0, 0.05) is 30.6 Å². The first-order valence-corrected chi connectivity index (χ1v) is 8.86. The fourth-order valence-corrected chi connectivity index (χ4v) is 6.15. The first-order chi connectivity index (χ1) is 10.6. The Morgan fingerprint density at radius 1 is 1.09 bits per heavy atom. The molecule has 0 aliphatic heterocycles. The Morgan fingerprint density at radius 2 is 1.91 bits per heavy atom. The molecule has 4 rings (SSSR count). The van der Waals surface area contributed by atoms with Gasteiger partial charge in [0.2, 0.25) is 0 Å². The summed E-state index contributed by atoms with van der Waals surface area (Å²) in [5.74, 6) is 2.04. The SMILES string of the molecule is CCC12CC(=O)C3C4CCC(=O)C=C4CCC3C1CCC2=O. The van der Waals surface area contributed by atoms with Crippen molar-refractivity contribution in [2.45, 2.75) is 58.3 Å². The van der Waals surface area contributed by atoms with Gasteiger partial charge in [0.15, 0.2) is 5.78 Å². The lowest BCUT2D eigenvalue weighted by molar-refractivity contribution is -0.147. The summed E-state index contributed by atoms with van der Waals surface area (Å²) in [6.07, 6.45) is 8.13. The molecule has 118 valence electrons. The van der Waals surface area contributed by atoms with Gasteiger partial charge in [0.25, 0.3) is 0 Å². The van der Waals surface area contributed by atoms with Gasteiger partial charge in [0.1, 0.15) is 11.6 Å². The molecular weight excluding hydrogens is 276 g/mol. The van der Waals surface area contributed by atoms with E-state index in [0.717, 1.165) is 32.1 Å². The number of Topliss-reactive ketones (excluding diaryl/α,β-unsaturated/α-hetero) is 2. The number of carbonyl (C=O) groups is 3. The molecule has 22 heavy (non-hydrogen) atoms. The molecule has 0 radical (unpaired) electrons. The molecule has 5 atom stereocenters. The fourth-order valence-electron chi connectivity index (χ4n) is 6.15. The van der Waals surface area contributed by atoms with Gasteiger partial charge < -0.3 is 0 Å². The molecule has 3 nitrogen and oxygen atoms in total. The van der Waals surface area contributed by atoms with Crippen LogP contribution in [0.3, 0.4) is 0 Å². The van der Waals surface area contributed by atoms with Crippen molar-refractivity contribution in [3.05, 3.63) is 11.6 Å². The van der Waals surface area contributed by atoms with Gasteiger partial charge in [-0.15, -0.1) is 0 Å². The smallest absolute Gasteiger partial charge is 0.155 e. The summed E-state index contributed by atoms with van der Waals surface area (Å²) in [4.78, 5) is 37.1. The van der Waals surface area contributed by atoms with E-state index in [1.807, 2.05) is 6.08 Å². The van der Waals surface area contributed by atoms with Crippen molar-refractivity contribution in [2.24, 2.45) is 29.1 Å². The normalized spacial score (nSPS) is 44.2. The second kappa shape index (κ2) is 4.87. The molecule has 0 aromatic heterocycles. The van der Waals surface area contributed by atoms with Crippen LogP contribution in [-0.4, -0.2) is 17.3 Å². The maximum Gasteiger partial charge on any atom is 0.155 e. The Hall–Kier alpha value is -1.25. The van der Waals surface area contributed by atoms with Gasteiger partial charge in [-0.1, -0.05) is 12.5 Å². The van der Waals surface area contributed by atoms with Gasteiger partial charge in [-0.2, -0.15) is 0 Å². The van der Waals surface area contributed by atoms with Crippen LogP contribution in [0, 0.1) is 29.1 Å². The van der Waals surface area contributed by atoms with E-state index in [4.69, 9.17) is 0 Å². The zero-order chi connectivity index (χ0) is 15.5. The minimum absolute atomic E-state index is 0.0867. The lowest BCUT2D eigenvalue weighted by atomic mass is 9.51. The summed E-state index contributed by atoms with van der Waals surface area (Å²) in [5.41, 5.74) is 0.878. The quantitative estimate of drug-likeness (QED) is 0.747. The summed E-state index contributed by atoms with van der Waals surface area (Å²) in [6, 6.07) is 0. The molecule has 3 saturated carbocycles. The molecule has 0 saturated heterocycles. The minimum atomic E-state index is -0.343. The molecule has 0 spiro atoms. The van der Waals surface area contributed by atoms with Crippen LogP contribution in [0.1, 0.15) is 58.3 Å². The second-order valence-corrected chi connectivity index (χ2v) is 7.78. The summed E-state index contributed by atoms with van der Waals surface area (Å²) in [7, 11) is 0. The highest BCUT2D eigenvalue weighted by Gasteiger charge is 2.60. The van der Waals surface area contributed by atoms with Crippen molar-refractivity contribution in [2.75, 3.05) is 0 Å². The van der Waals surface area contributed by atoms with Gasteiger partial charge in [-0.05, 0) is 55.9 Å². The van der Waals surface area contributed by atoms with E-state index < -0.39 is 0 Å². The third-order valence-corrected chi connectivity index (χ3v) is 7.14. The second-order valence-electron chi connectivity index (χ2n) is 7.78. The zero-order valence-electron chi connectivity index (χ0n) is 13.3. The summed E-state index contributed by atoms with van der Waals surface area (Å²) >= 11 is 0. The van der Waals surface area contributed by atoms with E-state index in [1.165, 1.54) is 5.57 Å². The average molecular weight is 300 g/mol. The van der Waals surface area contributed by atoms with Gasteiger partial charge in [0.05, 0.1) is 0 Å². The lowest BCUT2D eigenvalue weighted by Crippen LogP contribution is -2.52. The lowest BCUT2D eigenvalue weighted by Gasteiger charge is -2.51. The van der Waals surface area contributed by atoms with E-state index in [0.29, 0.717) is 42.7 Å². The van der Waals surface area contributed by atoms with Crippen molar-refractivity contribution in [1.29, 1.82) is 0 Å². The average Bonchev–Trinajstić information content (AvgIpc) is 2.84. The van der Waals surface area contributed by atoms with E-state index in [2.05, 4.69) is 6.92 Å². The van der Waals surface area contributed by atoms with Crippen molar-refractivity contribution in [3.63, 3.8) is 0 Å². The fraction of sp³-hybridized carbons (Fsp3) is 0.737. The molecule has 3 heteroatoms. The van der Waals surface area contributed by atoms with E-state index in [9.17, 15) is 14.4 Å². The third-order valence-electron chi connectivity index (χ3n) is 7.14. The van der Waals surface area contributed by atoms with E-state index in [1.54, 1.807) is 0 Å². The number of fused-ring (bicyclic) bond motifs is 5. The van der Waals surface area contributed by atoms with Crippen molar-refractivity contribution < 1.29 is 14.4 Å². The third kappa shape index (κ3) is 1.77. The molecule has 4 aliphatic rings. The number of hydrogen-bond donors (Lipinski definition) is 0. The van der Waals surface area contributed by atoms with Crippen molar-refractivity contribution in [3.8, 4) is 0 Å². The molecule has 0 amide bonds. The molecule has 3 fully saturated rings. The largest absolute Gasteiger partial charge is 0.299 e. The van der Waals surface area contributed by atoms with Crippen LogP contribution in [0.4, 0.5) is 0 Å². The topological polar surface area (TPSA) is 51.2 Å². The first-order valence-electron chi connectivity index (χ1n) is 8.86. The number of carbonyl (C=O) groups excluding carboxylic acids is 3. The molecular formula is C19H24O3. The predicted molar refractivity (Wildman–Crippen MR) is 82.1 cm³/mol. The first kappa shape index (κ1) is 14.3. The van der Waals surface area contributed by atoms with Crippen LogP contribution in [-0.2, 0) is 14.4 Å². The Kier molecular flexibility index (Phi) is 3.18. The molecule has 0 bridgehead atoms. The van der Waals surface area contributed by atoms with Crippen LogP contribution < -0.4 is 0 Å². The van der Waals surface area contributed by atoms with Crippen LogP contribution in [0.5, 0.6) is 0 Å². The maximum absolute atomic E-state index is 13.0. The molecule has 0 aromatic carbocycles. The predicted octanol–water partition coefficient (Wildman–Crippen LogP) is 3.27. The van der Waals surface area contributed by atoms with Crippen molar-refractivity contribution >= 4 is 17.3 Å². The van der Waals surface area contributed by atoms with Crippen LogP contribution in [0.2, 0.25) is 0 Å². The van der Waals surface area contributed by atoms with Crippen LogP contribution >= 0.6 is 0 Å². The number of hydrogen-bond acceptors (Lipinski definition) is 3. The summed E-state index contributed by atoms with van der Waals surface area (Å²) < 4.78 is 0. The minimum Gasteiger partial charge on any atom is -0.299 e. The van der Waals surface area contributed by atoms with Crippen molar-refractivity contribution in [1.82, 2.24) is 0 Å². The van der Waals surface area contributed by atoms with Gasteiger partial charge in [-0.25, -0.2) is 0 Å². The standard InChI is InChI=1S/C19H24O3/c1-2-19-10-16(21)18-13-6-4-12(20)9-11(13)3-5-14(18)15(19)7-8-17(19)22/h9,13-15,18H,2-8,10H2,1H3. The molecule has 0 heterocycles. The van der Waals surface area contributed by atoms with Gasteiger partial charge >= 0.3 is 0 Å². The van der Waals surface area contributed by atoms with E-state index >= 15 is 0 Å².